The number of hydrogen-bond acceptors (Lipinski definition) is 4. The van der Waals surface area contributed by atoms with E-state index in [2.05, 4.69) is 33.7 Å². The van der Waals surface area contributed by atoms with Crippen LogP contribution >= 0.6 is 0 Å². The molecule has 5 heteroatoms. The SMILES string of the molecule is CN1CCC2(CC1)CN(CCN1CCCC1=O)CCCN2C. The molecule has 3 rings (SSSR count). The number of carbonyl (C=O) groups excluding carboxylic acids is 1. The first kappa shape index (κ1) is 16.2. The van der Waals surface area contributed by atoms with Crippen LogP contribution in [0.25, 0.3) is 0 Å². The number of rotatable bonds is 3. The van der Waals surface area contributed by atoms with Crippen molar-refractivity contribution >= 4 is 5.91 Å². The van der Waals surface area contributed by atoms with Gasteiger partial charge in [-0.05, 0) is 66.0 Å². The minimum Gasteiger partial charge on any atom is -0.341 e. The lowest BCUT2D eigenvalue weighted by Gasteiger charge is -2.47. The zero-order valence-corrected chi connectivity index (χ0v) is 14.4. The van der Waals surface area contributed by atoms with Gasteiger partial charge in [0.1, 0.15) is 0 Å². The molecular formula is C17H32N4O. The van der Waals surface area contributed by atoms with Crippen molar-refractivity contribution in [2.45, 2.75) is 37.6 Å². The number of carbonyl (C=O) groups is 1. The zero-order chi connectivity index (χ0) is 15.6. The van der Waals surface area contributed by atoms with E-state index in [-0.39, 0.29) is 0 Å². The van der Waals surface area contributed by atoms with Gasteiger partial charge >= 0.3 is 0 Å². The molecule has 0 N–H and O–H groups in total. The standard InChI is InChI=1S/C17H32N4O/c1-18-11-6-17(7-12-18)15-20(9-4-8-19(17)2)13-14-21-10-3-5-16(21)22/h3-15H2,1-2H3. The van der Waals surface area contributed by atoms with Crippen LogP contribution in [-0.2, 0) is 4.79 Å². The molecule has 0 aromatic rings. The fraction of sp³-hybridized carbons (Fsp3) is 0.941. The lowest BCUT2D eigenvalue weighted by molar-refractivity contribution is -0.127. The molecule has 0 saturated carbocycles. The van der Waals surface area contributed by atoms with Gasteiger partial charge in [0.15, 0.2) is 0 Å². The van der Waals surface area contributed by atoms with Crippen LogP contribution < -0.4 is 0 Å². The lowest BCUT2D eigenvalue weighted by atomic mass is 9.85. The summed E-state index contributed by atoms with van der Waals surface area (Å²) in [5.41, 5.74) is 0.359. The number of piperidine rings is 1. The number of amides is 1. The second-order valence-corrected chi connectivity index (χ2v) is 7.56. The van der Waals surface area contributed by atoms with Crippen LogP contribution in [0.15, 0.2) is 0 Å². The number of likely N-dealkylation sites (tertiary alicyclic amines) is 2. The third-order valence-corrected chi connectivity index (χ3v) is 6.07. The predicted octanol–water partition coefficient (Wildman–Crippen LogP) is 0.711. The highest BCUT2D eigenvalue weighted by Gasteiger charge is 2.40. The monoisotopic (exact) mass is 308 g/mol. The maximum Gasteiger partial charge on any atom is 0.222 e. The van der Waals surface area contributed by atoms with Gasteiger partial charge < -0.3 is 9.80 Å². The van der Waals surface area contributed by atoms with E-state index in [1.807, 2.05) is 0 Å². The molecule has 0 aromatic carbocycles. The van der Waals surface area contributed by atoms with E-state index in [1.165, 1.54) is 52.0 Å². The maximum absolute atomic E-state index is 11.8. The average molecular weight is 308 g/mol. The molecule has 3 aliphatic heterocycles. The van der Waals surface area contributed by atoms with Gasteiger partial charge in [0, 0.05) is 38.1 Å². The van der Waals surface area contributed by atoms with E-state index >= 15 is 0 Å². The van der Waals surface area contributed by atoms with E-state index in [9.17, 15) is 4.79 Å². The molecule has 22 heavy (non-hydrogen) atoms. The summed E-state index contributed by atoms with van der Waals surface area (Å²) in [7, 11) is 4.55. The third kappa shape index (κ3) is 3.47. The van der Waals surface area contributed by atoms with Crippen LogP contribution in [-0.4, -0.2) is 97.5 Å². The summed E-state index contributed by atoms with van der Waals surface area (Å²) in [4.78, 5) is 21.6. The van der Waals surface area contributed by atoms with Gasteiger partial charge in [0.2, 0.25) is 5.91 Å². The predicted molar refractivity (Wildman–Crippen MR) is 89.0 cm³/mol. The fourth-order valence-electron chi connectivity index (χ4n) is 4.35. The number of nitrogens with zero attached hydrogens (tertiary/aromatic N) is 4. The van der Waals surface area contributed by atoms with Crippen LogP contribution in [0.3, 0.4) is 0 Å². The van der Waals surface area contributed by atoms with Crippen molar-refractivity contribution in [3.63, 3.8) is 0 Å². The highest BCUT2D eigenvalue weighted by molar-refractivity contribution is 5.78. The van der Waals surface area contributed by atoms with Crippen molar-refractivity contribution in [2.75, 3.05) is 66.5 Å². The first-order valence-corrected chi connectivity index (χ1v) is 8.99. The lowest BCUT2D eigenvalue weighted by Crippen LogP contribution is -2.58. The Morgan fingerprint density at radius 2 is 1.73 bits per heavy atom. The molecule has 3 fully saturated rings. The molecule has 1 amide bonds. The Balaban J connectivity index is 1.59. The topological polar surface area (TPSA) is 30.0 Å². The first-order chi connectivity index (χ1) is 10.6. The maximum atomic E-state index is 11.8. The largest absolute Gasteiger partial charge is 0.341 e. The summed E-state index contributed by atoms with van der Waals surface area (Å²) in [6.45, 7) is 8.95. The normalized spacial score (nSPS) is 28.5. The Kier molecular flexibility index (Phi) is 5.05. The summed E-state index contributed by atoms with van der Waals surface area (Å²) in [5, 5.41) is 0. The Bertz CT molecular complexity index is 392. The van der Waals surface area contributed by atoms with Gasteiger partial charge in [-0.15, -0.1) is 0 Å². The Hall–Kier alpha value is -0.650. The van der Waals surface area contributed by atoms with E-state index in [0.29, 0.717) is 11.4 Å². The Labute approximate surface area is 135 Å². The van der Waals surface area contributed by atoms with Gasteiger partial charge in [-0.2, -0.15) is 0 Å². The molecule has 0 radical (unpaired) electrons. The molecule has 126 valence electrons. The van der Waals surface area contributed by atoms with E-state index in [4.69, 9.17) is 0 Å². The first-order valence-electron chi connectivity index (χ1n) is 8.99. The second kappa shape index (κ2) is 6.85. The summed E-state index contributed by atoms with van der Waals surface area (Å²) in [6.07, 6.45) is 5.62. The Morgan fingerprint density at radius 1 is 0.955 bits per heavy atom. The van der Waals surface area contributed by atoms with Gasteiger partial charge in [0.05, 0.1) is 0 Å². The molecule has 0 bridgehead atoms. The van der Waals surface area contributed by atoms with Crippen LogP contribution in [0.2, 0.25) is 0 Å². The van der Waals surface area contributed by atoms with Crippen LogP contribution in [0, 0.1) is 0 Å². The van der Waals surface area contributed by atoms with Gasteiger partial charge in [-0.3, -0.25) is 14.6 Å². The quantitative estimate of drug-likeness (QED) is 0.768. The van der Waals surface area contributed by atoms with Gasteiger partial charge in [0.25, 0.3) is 0 Å². The van der Waals surface area contributed by atoms with Crippen molar-refractivity contribution in [1.29, 1.82) is 0 Å². The van der Waals surface area contributed by atoms with Gasteiger partial charge in [-0.25, -0.2) is 0 Å². The highest BCUT2D eigenvalue weighted by Crippen LogP contribution is 2.30. The summed E-state index contributed by atoms with van der Waals surface area (Å²) < 4.78 is 0. The molecule has 1 spiro atoms. The van der Waals surface area contributed by atoms with E-state index in [0.717, 1.165) is 32.5 Å². The minimum atomic E-state index is 0.359. The van der Waals surface area contributed by atoms with Crippen molar-refractivity contribution < 1.29 is 4.79 Å². The van der Waals surface area contributed by atoms with Crippen LogP contribution in [0.5, 0.6) is 0 Å². The number of likely N-dealkylation sites (N-methyl/N-ethyl adjacent to an activating group) is 1. The van der Waals surface area contributed by atoms with Crippen molar-refractivity contribution in [2.24, 2.45) is 0 Å². The molecule has 0 aliphatic carbocycles. The summed E-state index contributed by atoms with van der Waals surface area (Å²) in [6, 6.07) is 0. The van der Waals surface area contributed by atoms with Gasteiger partial charge in [-0.1, -0.05) is 0 Å². The molecule has 3 heterocycles. The second-order valence-electron chi connectivity index (χ2n) is 7.56. The fourth-order valence-corrected chi connectivity index (χ4v) is 4.35. The molecular weight excluding hydrogens is 276 g/mol. The van der Waals surface area contributed by atoms with Crippen molar-refractivity contribution in [3.8, 4) is 0 Å². The average Bonchev–Trinajstić information content (AvgIpc) is 2.85. The smallest absolute Gasteiger partial charge is 0.222 e. The molecule has 0 unspecified atom stereocenters. The third-order valence-electron chi connectivity index (χ3n) is 6.07. The zero-order valence-electron chi connectivity index (χ0n) is 14.4. The highest BCUT2D eigenvalue weighted by atomic mass is 16.2. The molecule has 3 saturated heterocycles. The Morgan fingerprint density at radius 3 is 2.41 bits per heavy atom. The van der Waals surface area contributed by atoms with Crippen LogP contribution in [0.4, 0.5) is 0 Å². The molecule has 0 aromatic heterocycles. The molecule has 3 aliphatic rings. The molecule has 5 nitrogen and oxygen atoms in total. The van der Waals surface area contributed by atoms with Crippen LogP contribution in [0.1, 0.15) is 32.1 Å². The minimum absolute atomic E-state index is 0.359. The summed E-state index contributed by atoms with van der Waals surface area (Å²) >= 11 is 0. The van der Waals surface area contributed by atoms with E-state index in [1.54, 1.807) is 0 Å². The molecule has 0 atom stereocenters. The van der Waals surface area contributed by atoms with Crippen molar-refractivity contribution in [3.05, 3.63) is 0 Å². The van der Waals surface area contributed by atoms with E-state index < -0.39 is 0 Å². The summed E-state index contributed by atoms with van der Waals surface area (Å²) in [5.74, 6) is 0.362. The number of hydrogen-bond donors (Lipinski definition) is 0. The van der Waals surface area contributed by atoms with Crippen molar-refractivity contribution in [1.82, 2.24) is 19.6 Å².